The molecule has 0 bridgehead atoms. The molecule has 1 aliphatic rings. The zero-order chi connectivity index (χ0) is 16.8. The Hall–Kier alpha value is -1.66. The first-order chi connectivity index (χ1) is 11.1. The summed E-state index contributed by atoms with van der Waals surface area (Å²) in [5.41, 5.74) is 0.445. The molecule has 1 aliphatic heterocycles. The van der Waals surface area contributed by atoms with Gasteiger partial charge in [0.25, 0.3) is 5.91 Å². The lowest BCUT2D eigenvalue weighted by molar-refractivity contribution is 0.0918. The number of methoxy groups -OCH3 is 3. The number of piperidine rings is 1. The summed E-state index contributed by atoms with van der Waals surface area (Å²) in [5.74, 6) is 1.78. The van der Waals surface area contributed by atoms with Gasteiger partial charge in [0.05, 0.1) is 26.9 Å². The first-order valence-electron chi connectivity index (χ1n) is 7.92. The first-order valence-corrected chi connectivity index (χ1v) is 7.92. The fourth-order valence-electron chi connectivity index (χ4n) is 2.91. The Morgan fingerprint density at radius 2 is 1.79 bits per heavy atom. The van der Waals surface area contributed by atoms with Crippen LogP contribution in [0.15, 0.2) is 12.1 Å². The maximum atomic E-state index is 12.6. The van der Waals surface area contributed by atoms with Crippen molar-refractivity contribution in [3.63, 3.8) is 0 Å². The molecule has 0 aliphatic carbocycles. The molecule has 2 rings (SSSR count). The molecule has 1 amide bonds. The molecule has 1 aromatic carbocycles. The second-order valence-corrected chi connectivity index (χ2v) is 5.78. The van der Waals surface area contributed by atoms with E-state index in [1.165, 1.54) is 7.11 Å². The van der Waals surface area contributed by atoms with Crippen molar-refractivity contribution in [1.82, 2.24) is 10.6 Å². The molecule has 0 spiro atoms. The van der Waals surface area contributed by atoms with E-state index in [4.69, 9.17) is 14.2 Å². The highest BCUT2D eigenvalue weighted by atomic mass is 35.5. The van der Waals surface area contributed by atoms with Gasteiger partial charge in [0.15, 0.2) is 11.5 Å². The average molecular weight is 359 g/mol. The van der Waals surface area contributed by atoms with Gasteiger partial charge in [-0.05, 0) is 38.8 Å². The Labute approximate surface area is 149 Å². The van der Waals surface area contributed by atoms with Crippen molar-refractivity contribution in [3.05, 3.63) is 17.7 Å². The second kappa shape index (κ2) is 9.59. The molecule has 2 N–H and O–H groups in total. The summed E-state index contributed by atoms with van der Waals surface area (Å²) in [5, 5.41) is 6.45. The van der Waals surface area contributed by atoms with Crippen LogP contribution in [0.1, 0.15) is 30.1 Å². The average Bonchev–Trinajstić information content (AvgIpc) is 2.60. The van der Waals surface area contributed by atoms with Gasteiger partial charge in [0.1, 0.15) is 5.75 Å². The van der Waals surface area contributed by atoms with Crippen LogP contribution in [0.4, 0.5) is 0 Å². The molecule has 1 fully saturated rings. The maximum Gasteiger partial charge on any atom is 0.255 e. The molecule has 136 valence electrons. The van der Waals surface area contributed by atoms with E-state index in [2.05, 4.69) is 10.6 Å². The summed E-state index contributed by atoms with van der Waals surface area (Å²) in [4.78, 5) is 12.6. The predicted molar refractivity (Wildman–Crippen MR) is 95.9 cm³/mol. The van der Waals surface area contributed by atoms with E-state index >= 15 is 0 Å². The molecule has 0 saturated carbocycles. The summed E-state index contributed by atoms with van der Waals surface area (Å²) in [6.07, 6.45) is 2.27. The van der Waals surface area contributed by atoms with Gasteiger partial charge in [-0.3, -0.25) is 4.79 Å². The zero-order valence-corrected chi connectivity index (χ0v) is 15.5. The number of hydrogen-bond donors (Lipinski definition) is 2. The van der Waals surface area contributed by atoms with E-state index in [1.807, 2.05) is 6.92 Å². The summed E-state index contributed by atoms with van der Waals surface area (Å²) >= 11 is 0. The van der Waals surface area contributed by atoms with E-state index < -0.39 is 0 Å². The number of carbonyl (C=O) groups excluding carboxylic acids is 1. The fraction of sp³-hybridized carbons (Fsp3) is 0.588. The Bertz CT molecular complexity index is 548. The van der Waals surface area contributed by atoms with Crippen molar-refractivity contribution >= 4 is 18.3 Å². The van der Waals surface area contributed by atoms with Crippen molar-refractivity contribution in [2.75, 3.05) is 34.4 Å². The van der Waals surface area contributed by atoms with Crippen molar-refractivity contribution in [2.45, 2.75) is 25.8 Å². The number of hydrogen-bond acceptors (Lipinski definition) is 5. The van der Waals surface area contributed by atoms with Crippen LogP contribution in [0.3, 0.4) is 0 Å². The lowest BCUT2D eigenvalue weighted by Gasteiger charge is -2.29. The van der Waals surface area contributed by atoms with Gasteiger partial charge in [-0.15, -0.1) is 12.4 Å². The van der Waals surface area contributed by atoms with E-state index in [0.29, 0.717) is 28.7 Å². The van der Waals surface area contributed by atoms with Crippen LogP contribution in [0, 0.1) is 5.92 Å². The highest BCUT2D eigenvalue weighted by molar-refractivity contribution is 5.98. The van der Waals surface area contributed by atoms with Crippen LogP contribution >= 0.6 is 12.4 Å². The first kappa shape index (κ1) is 20.4. The van der Waals surface area contributed by atoms with Gasteiger partial charge in [-0.25, -0.2) is 0 Å². The molecule has 1 aromatic rings. The molecule has 1 saturated heterocycles. The molecule has 0 radical (unpaired) electrons. The third kappa shape index (κ3) is 4.68. The standard InChI is InChI=1S/C17H26N2O4.ClH/c1-11(12-6-5-7-18-10-12)19-17(20)13-8-15(22-3)16(23-4)9-14(13)21-2;/h8-9,11-12,18H,5-7,10H2,1-4H3,(H,19,20);1H. The number of ether oxygens (including phenoxy) is 3. The Balaban J connectivity index is 0.00000288. The van der Waals surface area contributed by atoms with Crippen LogP contribution in [0.25, 0.3) is 0 Å². The van der Waals surface area contributed by atoms with Crippen LogP contribution < -0.4 is 24.8 Å². The van der Waals surface area contributed by atoms with Gasteiger partial charge >= 0.3 is 0 Å². The van der Waals surface area contributed by atoms with Crippen LogP contribution in [-0.4, -0.2) is 46.4 Å². The van der Waals surface area contributed by atoms with Gasteiger partial charge in [0, 0.05) is 18.2 Å². The number of halogens is 1. The van der Waals surface area contributed by atoms with Crippen LogP contribution in [-0.2, 0) is 0 Å². The smallest absolute Gasteiger partial charge is 0.255 e. The van der Waals surface area contributed by atoms with Crippen molar-refractivity contribution < 1.29 is 19.0 Å². The SMILES string of the molecule is COc1cc(OC)c(C(=O)NC(C)C2CCCNC2)cc1OC.Cl. The Kier molecular flexibility index (Phi) is 8.15. The van der Waals surface area contributed by atoms with Gasteiger partial charge in [0.2, 0.25) is 0 Å². The van der Waals surface area contributed by atoms with Crippen LogP contribution in [0.2, 0.25) is 0 Å². The largest absolute Gasteiger partial charge is 0.496 e. The normalized spacial score (nSPS) is 18.1. The monoisotopic (exact) mass is 358 g/mol. The molecule has 6 nitrogen and oxygen atoms in total. The quantitative estimate of drug-likeness (QED) is 0.816. The minimum Gasteiger partial charge on any atom is -0.496 e. The summed E-state index contributed by atoms with van der Waals surface area (Å²) in [6, 6.07) is 3.41. The van der Waals surface area contributed by atoms with Gasteiger partial charge in [-0.2, -0.15) is 0 Å². The summed E-state index contributed by atoms with van der Waals surface area (Å²) in [6.45, 7) is 4.04. The fourth-order valence-corrected chi connectivity index (χ4v) is 2.91. The number of benzene rings is 1. The Morgan fingerprint density at radius 3 is 2.33 bits per heavy atom. The molecule has 0 aromatic heterocycles. The van der Waals surface area contributed by atoms with Crippen LogP contribution in [0.5, 0.6) is 17.2 Å². The molecule has 7 heteroatoms. The van der Waals surface area contributed by atoms with Gasteiger partial charge in [-0.1, -0.05) is 0 Å². The second-order valence-electron chi connectivity index (χ2n) is 5.78. The number of nitrogens with one attached hydrogen (secondary N) is 2. The van der Waals surface area contributed by atoms with E-state index in [0.717, 1.165) is 25.9 Å². The minimum absolute atomic E-state index is 0. The molecule has 1 heterocycles. The topological polar surface area (TPSA) is 68.8 Å². The van der Waals surface area contributed by atoms with Gasteiger partial charge < -0.3 is 24.8 Å². The molecule has 2 unspecified atom stereocenters. The molecular weight excluding hydrogens is 332 g/mol. The van der Waals surface area contributed by atoms with Crippen molar-refractivity contribution in [3.8, 4) is 17.2 Å². The highest BCUT2D eigenvalue weighted by Crippen LogP contribution is 2.34. The number of rotatable bonds is 6. The third-order valence-electron chi connectivity index (χ3n) is 4.35. The summed E-state index contributed by atoms with van der Waals surface area (Å²) in [7, 11) is 4.63. The van der Waals surface area contributed by atoms with E-state index in [-0.39, 0.29) is 24.4 Å². The maximum absolute atomic E-state index is 12.6. The zero-order valence-electron chi connectivity index (χ0n) is 14.7. The molecular formula is C17H27ClN2O4. The predicted octanol–water partition coefficient (Wildman–Crippen LogP) is 2.25. The van der Waals surface area contributed by atoms with Crippen molar-refractivity contribution in [2.24, 2.45) is 5.92 Å². The Morgan fingerprint density at radius 1 is 1.17 bits per heavy atom. The van der Waals surface area contributed by atoms with Crippen molar-refractivity contribution in [1.29, 1.82) is 0 Å². The number of amides is 1. The minimum atomic E-state index is -0.166. The third-order valence-corrected chi connectivity index (χ3v) is 4.35. The lowest BCUT2D eigenvalue weighted by Crippen LogP contribution is -2.44. The number of carbonyl (C=O) groups is 1. The van der Waals surface area contributed by atoms with E-state index in [1.54, 1.807) is 26.4 Å². The lowest BCUT2D eigenvalue weighted by atomic mass is 9.92. The molecule has 24 heavy (non-hydrogen) atoms. The highest BCUT2D eigenvalue weighted by Gasteiger charge is 2.24. The van der Waals surface area contributed by atoms with E-state index in [9.17, 15) is 4.79 Å². The summed E-state index contributed by atoms with van der Waals surface area (Å²) < 4.78 is 15.8. The molecule has 2 atom stereocenters.